The number of benzene rings is 2. The van der Waals surface area contributed by atoms with E-state index in [1.165, 1.54) is 10.4 Å². The Labute approximate surface area is 147 Å². The van der Waals surface area contributed by atoms with Crippen molar-refractivity contribution in [1.29, 1.82) is 0 Å². The summed E-state index contributed by atoms with van der Waals surface area (Å²) >= 11 is 0. The maximum absolute atomic E-state index is 11.3. The van der Waals surface area contributed by atoms with Crippen molar-refractivity contribution in [3.05, 3.63) is 60.7 Å². The van der Waals surface area contributed by atoms with Crippen LogP contribution in [-0.2, 0) is 9.22 Å². The maximum atomic E-state index is 11.3. The van der Waals surface area contributed by atoms with Crippen LogP contribution in [0.3, 0.4) is 0 Å². The minimum Gasteiger partial charge on any atom is -0.404 e. The van der Waals surface area contributed by atoms with Gasteiger partial charge >= 0.3 is 0 Å². The van der Waals surface area contributed by atoms with Crippen LogP contribution in [0.4, 0.5) is 0 Å². The van der Waals surface area contributed by atoms with Crippen LogP contribution in [0.2, 0.25) is 5.04 Å². The molecule has 0 heterocycles. The topological polar surface area (TPSA) is 26.3 Å². The molecule has 2 atom stereocenters. The van der Waals surface area contributed by atoms with Crippen LogP contribution in [0.1, 0.15) is 34.6 Å². The van der Waals surface area contributed by atoms with Crippen molar-refractivity contribution < 1.29 is 9.22 Å². The van der Waals surface area contributed by atoms with E-state index in [9.17, 15) is 4.79 Å². The predicted molar refractivity (Wildman–Crippen MR) is 103 cm³/mol. The highest BCUT2D eigenvalue weighted by Gasteiger charge is 2.51. The molecule has 2 aromatic rings. The summed E-state index contributed by atoms with van der Waals surface area (Å²) in [6.45, 7) is 10.7. The minimum absolute atomic E-state index is 0.0629. The molecular weight excluding hydrogens is 312 g/mol. The summed E-state index contributed by atoms with van der Waals surface area (Å²) in [4.78, 5) is 11.3. The fraction of sp³-hybridized carbons (Fsp3) is 0.381. The summed E-state index contributed by atoms with van der Waals surface area (Å²) in [5.74, 6) is -0.133. The summed E-state index contributed by atoms with van der Waals surface area (Å²) in [7, 11) is -2.55. The molecule has 2 rings (SSSR count). The lowest BCUT2D eigenvalue weighted by Gasteiger charge is -2.45. The average Bonchev–Trinajstić information content (AvgIpc) is 2.59. The van der Waals surface area contributed by atoms with Crippen molar-refractivity contribution in [2.75, 3.05) is 0 Å². The Morgan fingerprint density at radius 3 is 1.62 bits per heavy atom. The lowest BCUT2D eigenvalue weighted by Crippen LogP contribution is -2.67. The van der Waals surface area contributed by atoms with E-state index in [1.54, 1.807) is 0 Å². The first-order valence-corrected chi connectivity index (χ1v) is 10.5. The Hall–Kier alpha value is -1.71. The second-order valence-corrected chi connectivity index (χ2v) is 11.7. The molecule has 24 heavy (non-hydrogen) atoms. The molecule has 0 aliphatic heterocycles. The van der Waals surface area contributed by atoms with E-state index in [0.29, 0.717) is 0 Å². The van der Waals surface area contributed by atoms with E-state index in [4.69, 9.17) is 4.43 Å². The Morgan fingerprint density at radius 2 is 1.29 bits per heavy atom. The summed E-state index contributed by atoms with van der Waals surface area (Å²) < 4.78 is 6.83. The van der Waals surface area contributed by atoms with Crippen molar-refractivity contribution in [3.63, 3.8) is 0 Å². The number of carbonyl (C=O) groups is 1. The first kappa shape index (κ1) is 18.6. The van der Waals surface area contributed by atoms with Crippen molar-refractivity contribution in [3.8, 4) is 0 Å². The number of hydrogen-bond acceptors (Lipinski definition) is 2. The van der Waals surface area contributed by atoms with E-state index in [-0.39, 0.29) is 17.1 Å². The van der Waals surface area contributed by atoms with Gasteiger partial charge in [0.1, 0.15) is 6.29 Å². The number of rotatable bonds is 6. The first-order chi connectivity index (χ1) is 11.3. The normalized spacial score (nSPS) is 14.9. The molecular formula is C21H28O2Si. The van der Waals surface area contributed by atoms with Gasteiger partial charge in [-0.25, -0.2) is 0 Å². The summed E-state index contributed by atoms with van der Waals surface area (Å²) in [6.07, 6.45) is 0.858. The first-order valence-electron chi connectivity index (χ1n) is 8.57. The number of hydrogen-bond donors (Lipinski definition) is 0. The van der Waals surface area contributed by atoms with Crippen molar-refractivity contribution in [2.45, 2.75) is 45.8 Å². The van der Waals surface area contributed by atoms with Crippen LogP contribution >= 0.6 is 0 Å². The summed E-state index contributed by atoms with van der Waals surface area (Å²) in [6, 6.07) is 21.0. The van der Waals surface area contributed by atoms with Crippen LogP contribution in [0.25, 0.3) is 0 Å². The molecule has 0 N–H and O–H groups in total. The van der Waals surface area contributed by atoms with Gasteiger partial charge in [0.2, 0.25) is 0 Å². The largest absolute Gasteiger partial charge is 0.404 e. The zero-order valence-corrected chi connectivity index (χ0v) is 16.3. The zero-order chi connectivity index (χ0) is 17.8. The van der Waals surface area contributed by atoms with Crippen LogP contribution < -0.4 is 10.4 Å². The fourth-order valence-electron chi connectivity index (χ4n) is 3.19. The number of aldehydes is 1. The Balaban J connectivity index is 2.68. The highest BCUT2D eigenvalue weighted by molar-refractivity contribution is 6.99. The van der Waals surface area contributed by atoms with Crippen molar-refractivity contribution >= 4 is 25.0 Å². The monoisotopic (exact) mass is 340 g/mol. The molecule has 0 fully saturated rings. The SMILES string of the molecule is C[C@H](C=O)[C@H](C)O[Si](c1ccccc1)(c1ccccc1)C(C)(C)C. The minimum atomic E-state index is -2.55. The molecule has 0 aromatic heterocycles. The number of carbonyl (C=O) groups excluding carboxylic acids is 1. The molecule has 0 aliphatic rings. The Morgan fingerprint density at radius 1 is 0.875 bits per heavy atom. The van der Waals surface area contributed by atoms with Gasteiger partial charge in [0.15, 0.2) is 0 Å². The average molecular weight is 341 g/mol. The molecule has 0 saturated carbocycles. The van der Waals surface area contributed by atoms with Crippen LogP contribution in [0.15, 0.2) is 60.7 Å². The molecule has 2 nitrogen and oxygen atoms in total. The van der Waals surface area contributed by atoms with Gasteiger partial charge in [-0.3, -0.25) is 0 Å². The van der Waals surface area contributed by atoms with E-state index in [2.05, 4.69) is 69.3 Å². The molecule has 0 amide bonds. The molecule has 0 spiro atoms. The third kappa shape index (κ3) is 3.52. The van der Waals surface area contributed by atoms with Gasteiger partial charge in [0, 0.05) is 5.92 Å². The van der Waals surface area contributed by atoms with Gasteiger partial charge in [0.25, 0.3) is 8.32 Å². The Kier molecular flexibility index (Phi) is 5.78. The molecule has 128 valence electrons. The van der Waals surface area contributed by atoms with Gasteiger partial charge in [-0.1, -0.05) is 88.4 Å². The van der Waals surface area contributed by atoms with Gasteiger partial charge < -0.3 is 9.22 Å². The van der Waals surface area contributed by atoms with E-state index < -0.39 is 8.32 Å². The van der Waals surface area contributed by atoms with Gasteiger partial charge in [-0.2, -0.15) is 0 Å². The van der Waals surface area contributed by atoms with Crippen LogP contribution in [0.5, 0.6) is 0 Å². The van der Waals surface area contributed by atoms with E-state index >= 15 is 0 Å². The van der Waals surface area contributed by atoms with Gasteiger partial charge in [0.05, 0.1) is 6.10 Å². The summed E-state index contributed by atoms with van der Waals surface area (Å²) in [5, 5.41) is 2.43. The second-order valence-electron chi connectivity index (χ2n) is 7.48. The van der Waals surface area contributed by atoms with Crippen molar-refractivity contribution in [2.24, 2.45) is 5.92 Å². The standard InChI is InChI=1S/C21H28O2Si/c1-17(16-22)18(2)23-24(21(3,4)5,19-12-8-6-9-13-19)20-14-10-7-11-15-20/h6-18H,1-5H3/t17-,18+/m1/s1. The fourth-order valence-corrected chi connectivity index (χ4v) is 7.98. The van der Waals surface area contributed by atoms with Gasteiger partial charge in [-0.05, 0) is 22.3 Å². The molecule has 0 radical (unpaired) electrons. The second kappa shape index (κ2) is 7.45. The lowest BCUT2D eigenvalue weighted by molar-refractivity contribution is -0.112. The molecule has 3 heteroatoms. The van der Waals surface area contributed by atoms with E-state index in [0.717, 1.165) is 6.29 Å². The van der Waals surface area contributed by atoms with Crippen molar-refractivity contribution in [1.82, 2.24) is 0 Å². The van der Waals surface area contributed by atoms with Crippen LogP contribution in [0, 0.1) is 5.92 Å². The molecule has 0 aliphatic carbocycles. The third-order valence-corrected chi connectivity index (χ3v) is 9.87. The highest BCUT2D eigenvalue weighted by atomic mass is 28.4. The lowest BCUT2D eigenvalue weighted by atomic mass is 10.1. The predicted octanol–water partition coefficient (Wildman–Crippen LogP) is 3.79. The molecule has 0 unspecified atom stereocenters. The smallest absolute Gasteiger partial charge is 0.261 e. The Bertz CT molecular complexity index is 607. The third-order valence-electron chi connectivity index (χ3n) is 4.73. The van der Waals surface area contributed by atoms with Crippen LogP contribution in [-0.4, -0.2) is 20.7 Å². The summed E-state index contributed by atoms with van der Waals surface area (Å²) in [5.41, 5.74) is 0. The molecule has 0 saturated heterocycles. The molecule has 2 aromatic carbocycles. The zero-order valence-electron chi connectivity index (χ0n) is 15.3. The van der Waals surface area contributed by atoms with Gasteiger partial charge in [-0.15, -0.1) is 0 Å². The maximum Gasteiger partial charge on any atom is 0.261 e. The highest BCUT2D eigenvalue weighted by Crippen LogP contribution is 2.38. The molecule has 0 bridgehead atoms. The quantitative estimate of drug-likeness (QED) is 0.591. The van der Waals surface area contributed by atoms with E-state index in [1.807, 2.05) is 26.0 Å².